The van der Waals surface area contributed by atoms with Gasteiger partial charge >= 0.3 is 6.18 Å². The molecule has 0 aromatic heterocycles. The van der Waals surface area contributed by atoms with Crippen LogP contribution in [0.5, 0.6) is 0 Å². The molecule has 0 bridgehead atoms. The van der Waals surface area contributed by atoms with Crippen molar-refractivity contribution < 1.29 is 23.1 Å². The molecule has 8 heteroatoms. The van der Waals surface area contributed by atoms with E-state index in [1.54, 1.807) is 6.92 Å². The van der Waals surface area contributed by atoms with E-state index in [2.05, 4.69) is 21.0 Å². The number of aliphatic hydroxyl groups is 1. The summed E-state index contributed by atoms with van der Waals surface area (Å²) in [5, 5.41) is 13.9. The summed E-state index contributed by atoms with van der Waals surface area (Å²) in [7, 11) is 0. The molecule has 0 fully saturated rings. The van der Waals surface area contributed by atoms with Crippen molar-refractivity contribution >= 4 is 27.5 Å². The maximum atomic E-state index is 13.2. The van der Waals surface area contributed by atoms with Crippen molar-refractivity contribution in [3.05, 3.63) is 34.3 Å². The fraction of sp³-hybridized carbons (Fsp3) is 0.429. The molecule has 4 nitrogen and oxygen atoms in total. The number of benzene rings is 1. The molecule has 1 aliphatic rings. The van der Waals surface area contributed by atoms with Gasteiger partial charge in [0.2, 0.25) is 0 Å². The second-order valence-corrected chi connectivity index (χ2v) is 5.95. The Morgan fingerprint density at radius 2 is 2.00 bits per heavy atom. The molecule has 0 radical (unpaired) electrons. The van der Waals surface area contributed by atoms with Crippen LogP contribution in [0.15, 0.2) is 33.8 Å². The number of carbonyl (C=O) groups excluding carboxylic acids is 1. The zero-order chi connectivity index (χ0) is 16.5. The van der Waals surface area contributed by atoms with Crippen molar-refractivity contribution in [3.63, 3.8) is 0 Å². The maximum Gasteiger partial charge on any atom is 0.438 e. The maximum absolute atomic E-state index is 13.2. The number of rotatable bonds is 3. The molecule has 22 heavy (non-hydrogen) atoms. The lowest BCUT2D eigenvalue weighted by molar-refractivity contribution is -0.297. The predicted octanol–water partition coefficient (Wildman–Crippen LogP) is 3.70. The molecule has 120 valence electrons. The van der Waals surface area contributed by atoms with Gasteiger partial charge in [-0.15, -0.1) is 0 Å². The number of halogens is 4. The summed E-state index contributed by atoms with van der Waals surface area (Å²) in [6.45, 7) is 1.79. The van der Waals surface area contributed by atoms with Gasteiger partial charge in [-0.25, -0.2) is 0 Å². The van der Waals surface area contributed by atoms with Crippen LogP contribution < -0.4 is 0 Å². The van der Waals surface area contributed by atoms with Crippen molar-refractivity contribution in [2.45, 2.75) is 38.1 Å². The van der Waals surface area contributed by atoms with Crippen molar-refractivity contribution in [2.75, 3.05) is 0 Å². The molecule has 2 rings (SSSR count). The van der Waals surface area contributed by atoms with Gasteiger partial charge in [0.05, 0.1) is 0 Å². The highest BCUT2D eigenvalue weighted by atomic mass is 79.9. The average molecular weight is 379 g/mol. The summed E-state index contributed by atoms with van der Waals surface area (Å²) >= 11 is 3.18. The van der Waals surface area contributed by atoms with Crippen LogP contribution in [0.25, 0.3) is 0 Å². The van der Waals surface area contributed by atoms with Crippen LogP contribution in [-0.2, 0) is 0 Å². The normalized spacial score (nSPS) is 21.9. The molecule has 0 aliphatic carbocycles. The van der Waals surface area contributed by atoms with Gasteiger partial charge in [0, 0.05) is 22.2 Å². The highest BCUT2D eigenvalue weighted by molar-refractivity contribution is 9.10. The second-order valence-electron chi connectivity index (χ2n) is 5.03. The molecule has 0 unspecified atom stereocenters. The number of nitrogens with zero attached hydrogens (tertiary/aromatic N) is 2. The van der Waals surface area contributed by atoms with Crippen LogP contribution in [-0.4, -0.2) is 33.6 Å². The van der Waals surface area contributed by atoms with Crippen molar-refractivity contribution in [2.24, 2.45) is 5.10 Å². The molecule has 0 spiro atoms. The molecule has 1 N–H and O–H groups in total. The van der Waals surface area contributed by atoms with Crippen LogP contribution in [0.4, 0.5) is 13.2 Å². The minimum atomic E-state index is -4.99. The lowest BCUT2D eigenvalue weighted by Gasteiger charge is -2.32. The summed E-state index contributed by atoms with van der Waals surface area (Å²) < 4.78 is 40.4. The van der Waals surface area contributed by atoms with E-state index < -0.39 is 24.2 Å². The monoisotopic (exact) mass is 378 g/mol. The summed E-state index contributed by atoms with van der Waals surface area (Å²) in [5.41, 5.74) is -3.11. The molecule has 0 saturated carbocycles. The molecule has 1 heterocycles. The molecule has 0 saturated heterocycles. The number of hydrogen-bond donors (Lipinski definition) is 1. The Balaban J connectivity index is 2.39. The molecular weight excluding hydrogens is 365 g/mol. The number of hydrogen-bond acceptors (Lipinski definition) is 3. The first kappa shape index (κ1) is 17.0. The first-order valence-electron chi connectivity index (χ1n) is 6.64. The zero-order valence-corrected chi connectivity index (χ0v) is 13.3. The average Bonchev–Trinajstić information content (AvgIpc) is 2.77. The van der Waals surface area contributed by atoms with E-state index in [1.807, 2.05) is 0 Å². The first-order chi connectivity index (χ1) is 10.2. The summed E-state index contributed by atoms with van der Waals surface area (Å²) in [4.78, 5) is 12.3. The number of amides is 1. The van der Waals surface area contributed by atoms with Crippen molar-refractivity contribution in [3.8, 4) is 0 Å². The molecular formula is C14H14BrF3N2O2. The van der Waals surface area contributed by atoms with Gasteiger partial charge in [-0.2, -0.15) is 23.3 Å². The van der Waals surface area contributed by atoms with E-state index in [0.717, 1.165) is 0 Å². The largest absolute Gasteiger partial charge is 0.438 e. The molecule has 1 amide bonds. The van der Waals surface area contributed by atoms with Gasteiger partial charge in [-0.05, 0) is 30.7 Å². The van der Waals surface area contributed by atoms with Crippen LogP contribution >= 0.6 is 15.9 Å². The Hall–Kier alpha value is -1.41. The fourth-order valence-electron chi connectivity index (χ4n) is 2.19. The van der Waals surface area contributed by atoms with Gasteiger partial charge < -0.3 is 5.11 Å². The quantitative estimate of drug-likeness (QED) is 0.871. The van der Waals surface area contributed by atoms with Gasteiger partial charge in [0.25, 0.3) is 11.6 Å². The zero-order valence-electron chi connectivity index (χ0n) is 11.7. The summed E-state index contributed by atoms with van der Waals surface area (Å²) in [5.74, 6) is -0.988. The number of carbonyl (C=O) groups is 1. The van der Waals surface area contributed by atoms with Crippen LogP contribution in [0.1, 0.15) is 36.5 Å². The SMILES string of the molecule is CCCC1=NN(C(=O)c2ccc(Br)cc2)[C@@](O)(C(F)(F)F)C1. The molecule has 1 aromatic carbocycles. The van der Waals surface area contributed by atoms with E-state index in [9.17, 15) is 23.1 Å². The molecule has 1 aliphatic heterocycles. The predicted molar refractivity (Wildman–Crippen MR) is 78.3 cm³/mol. The van der Waals surface area contributed by atoms with E-state index in [0.29, 0.717) is 17.3 Å². The Bertz CT molecular complexity index is 601. The van der Waals surface area contributed by atoms with E-state index in [1.165, 1.54) is 24.3 Å². The standard InChI is InChI=1S/C14H14BrF3N2O2/c1-2-3-11-8-13(22,14(16,17)18)20(19-11)12(21)9-4-6-10(15)7-5-9/h4-7,22H,2-3,8H2,1H3/t13-/m0/s1. The van der Waals surface area contributed by atoms with Crippen LogP contribution in [0.2, 0.25) is 0 Å². The van der Waals surface area contributed by atoms with Gasteiger partial charge in [-0.1, -0.05) is 29.3 Å². The first-order valence-corrected chi connectivity index (χ1v) is 7.44. The third-order valence-corrected chi connectivity index (χ3v) is 3.85. The van der Waals surface area contributed by atoms with Crippen LogP contribution in [0, 0.1) is 0 Å². The molecule has 1 aromatic rings. The van der Waals surface area contributed by atoms with E-state index in [-0.39, 0.29) is 16.3 Å². The number of hydrazone groups is 1. The van der Waals surface area contributed by atoms with Gasteiger partial charge in [-0.3, -0.25) is 4.79 Å². The third kappa shape index (κ3) is 3.03. The minimum Gasteiger partial charge on any atom is -0.362 e. The smallest absolute Gasteiger partial charge is 0.362 e. The minimum absolute atomic E-state index is 0.0207. The van der Waals surface area contributed by atoms with Crippen molar-refractivity contribution in [1.82, 2.24) is 5.01 Å². The lowest BCUT2D eigenvalue weighted by atomic mass is 10.0. The lowest BCUT2D eigenvalue weighted by Crippen LogP contribution is -2.56. The third-order valence-electron chi connectivity index (χ3n) is 3.32. The Morgan fingerprint density at radius 1 is 1.41 bits per heavy atom. The summed E-state index contributed by atoms with van der Waals surface area (Å²) in [6.07, 6.45) is -4.83. The number of alkyl halides is 3. The highest BCUT2D eigenvalue weighted by Crippen LogP contribution is 2.41. The van der Waals surface area contributed by atoms with Gasteiger partial charge in [0.15, 0.2) is 0 Å². The van der Waals surface area contributed by atoms with E-state index in [4.69, 9.17) is 0 Å². The van der Waals surface area contributed by atoms with Crippen LogP contribution in [0.3, 0.4) is 0 Å². The molecule has 1 atom stereocenters. The second kappa shape index (κ2) is 6.00. The Kier molecular flexibility index (Phi) is 4.62. The topological polar surface area (TPSA) is 52.9 Å². The van der Waals surface area contributed by atoms with Gasteiger partial charge in [0.1, 0.15) is 0 Å². The van der Waals surface area contributed by atoms with Crippen molar-refractivity contribution in [1.29, 1.82) is 0 Å². The fourth-order valence-corrected chi connectivity index (χ4v) is 2.46. The Labute approximate surface area is 133 Å². The van der Waals surface area contributed by atoms with E-state index >= 15 is 0 Å². The summed E-state index contributed by atoms with van der Waals surface area (Å²) in [6, 6.07) is 5.81. The Morgan fingerprint density at radius 3 is 2.50 bits per heavy atom. The highest BCUT2D eigenvalue weighted by Gasteiger charge is 2.63.